The molecule has 0 amide bonds. The van der Waals surface area contributed by atoms with Gasteiger partial charge in [-0.25, -0.2) is 0 Å². The van der Waals surface area contributed by atoms with Crippen LogP contribution >= 0.6 is 0 Å². The van der Waals surface area contributed by atoms with E-state index >= 15 is 0 Å². The molecule has 1 saturated carbocycles. The van der Waals surface area contributed by atoms with E-state index in [4.69, 9.17) is 0 Å². The van der Waals surface area contributed by atoms with Crippen LogP contribution in [-0.4, -0.2) is 35.6 Å². The van der Waals surface area contributed by atoms with E-state index in [2.05, 4.69) is 4.90 Å². The summed E-state index contributed by atoms with van der Waals surface area (Å²) in [5.41, 5.74) is -0.431. The third-order valence-electron chi connectivity index (χ3n) is 5.43. The summed E-state index contributed by atoms with van der Waals surface area (Å²) >= 11 is 0. The van der Waals surface area contributed by atoms with Crippen LogP contribution in [0.4, 0.5) is 0 Å². The first-order valence-electron chi connectivity index (χ1n) is 8.12. The predicted molar refractivity (Wildman–Crippen MR) is 77.2 cm³/mol. The highest BCUT2D eigenvalue weighted by Gasteiger charge is 2.39. The molecule has 0 unspecified atom stereocenters. The molecule has 0 aromatic heterocycles. The molecule has 110 valence electrons. The lowest BCUT2D eigenvalue weighted by Crippen LogP contribution is -2.45. The van der Waals surface area contributed by atoms with Crippen LogP contribution in [0.5, 0.6) is 0 Å². The van der Waals surface area contributed by atoms with Crippen LogP contribution in [0.1, 0.15) is 64.7 Å². The fourth-order valence-corrected chi connectivity index (χ4v) is 3.79. The summed E-state index contributed by atoms with van der Waals surface area (Å²) < 4.78 is 0. The number of carboxylic acids is 1. The van der Waals surface area contributed by atoms with Crippen LogP contribution in [-0.2, 0) is 4.79 Å². The summed E-state index contributed by atoms with van der Waals surface area (Å²) in [4.78, 5) is 14.0. The minimum Gasteiger partial charge on any atom is -0.481 e. The molecule has 0 atom stereocenters. The average molecular weight is 267 g/mol. The Bertz CT molecular complexity index is 287. The maximum Gasteiger partial charge on any atom is 0.309 e. The molecule has 3 nitrogen and oxygen atoms in total. The van der Waals surface area contributed by atoms with Crippen LogP contribution in [0, 0.1) is 11.3 Å². The molecule has 1 heterocycles. The summed E-state index contributed by atoms with van der Waals surface area (Å²) in [6.45, 7) is 5.20. The summed E-state index contributed by atoms with van der Waals surface area (Å²) in [5, 5.41) is 9.42. The molecule has 3 heteroatoms. The third-order valence-corrected chi connectivity index (χ3v) is 5.43. The summed E-state index contributed by atoms with van der Waals surface area (Å²) in [5.74, 6) is 0.283. The van der Waals surface area contributed by atoms with Gasteiger partial charge in [-0.15, -0.1) is 0 Å². The lowest BCUT2D eigenvalue weighted by atomic mass is 9.76. The van der Waals surface area contributed by atoms with Gasteiger partial charge in [0.1, 0.15) is 0 Å². The number of carbonyl (C=O) groups is 1. The van der Waals surface area contributed by atoms with Crippen LogP contribution < -0.4 is 0 Å². The van der Waals surface area contributed by atoms with E-state index < -0.39 is 11.4 Å². The van der Waals surface area contributed by atoms with Gasteiger partial charge in [0.05, 0.1) is 5.41 Å². The molecule has 0 radical (unpaired) electrons. The van der Waals surface area contributed by atoms with Crippen molar-refractivity contribution < 1.29 is 9.90 Å². The molecule has 0 aromatic rings. The zero-order chi connectivity index (χ0) is 13.7. The fourth-order valence-electron chi connectivity index (χ4n) is 3.79. The van der Waals surface area contributed by atoms with Crippen molar-refractivity contribution in [1.29, 1.82) is 0 Å². The van der Waals surface area contributed by atoms with E-state index in [0.717, 1.165) is 38.3 Å². The molecule has 0 spiro atoms. The molecule has 0 bridgehead atoms. The van der Waals surface area contributed by atoms with Crippen molar-refractivity contribution >= 4 is 5.97 Å². The largest absolute Gasteiger partial charge is 0.481 e. The lowest BCUT2D eigenvalue weighted by Gasteiger charge is -2.39. The van der Waals surface area contributed by atoms with Gasteiger partial charge in [0.25, 0.3) is 0 Å². The Morgan fingerprint density at radius 3 is 2.21 bits per heavy atom. The van der Waals surface area contributed by atoms with Crippen molar-refractivity contribution in [2.24, 2.45) is 11.3 Å². The Morgan fingerprint density at radius 1 is 1.16 bits per heavy atom. The molecular weight excluding hydrogens is 238 g/mol. The first-order valence-corrected chi connectivity index (χ1v) is 8.12. The van der Waals surface area contributed by atoms with Crippen LogP contribution in [0.25, 0.3) is 0 Å². The van der Waals surface area contributed by atoms with Crippen molar-refractivity contribution in [2.45, 2.75) is 64.7 Å². The number of hydrogen-bond acceptors (Lipinski definition) is 2. The van der Waals surface area contributed by atoms with E-state index in [0.29, 0.717) is 0 Å². The van der Waals surface area contributed by atoms with Gasteiger partial charge < -0.3 is 10.0 Å². The molecule has 1 saturated heterocycles. The first-order chi connectivity index (χ1) is 9.16. The van der Waals surface area contributed by atoms with Gasteiger partial charge >= 0.3 is 5.97 Å². The standard InChI is InChI=1S/C16H29NO2/c1-2-16(15(18)19)9-11-17(12-10-16)13-14-7-5-3-4-6-8-14/h14H,2-13H2,1H3,(H,18,19). The lowest BCUT2D eigenvalue weighted by molar-refractivity contribution is -0.152. The molecular formula is C16H29NO2. The van der Waals surface area contributed by atoms with Gasteiger partial charge in [-0.05, 0) is 51.1 Å². The van der Waals surface area contributed by atoms with Crippen molar-refractivity contribution in [1.82, 2.24) is 4.90 Å². The molecule has 2 fully saturated rings. The zero-order valence-corrected chi connectivity index (χ0v) is 12.4. The van der Waals surface area contributed by atoms with E-state index in [1.54, 1.807) is 0 Å². The van der Waals surface area contributed by atoms with Gasteiger partial charge in [0.15, 0.2) is 0 Å². The maximum absolute atomic E-state index is 11.4. The predicted octanol–water partition coefficient (Wildman–Crippen LogP) is 3.53. The van der Waals surface area contributed by atoms with Gasteiger partial charge in [0, 0.05) is 6.54 Å². The number of hydrogen-bond donors (Lipinski definition) is 1. The second-order valence-electron chi connectivity index (χ2n) is 6.60. The Hall–Kier alpha value is -0.570. The zero-order valence-electron chi connectivity index (χ0n) is 12.4. The highest BCUT2D eigenvalue weighted by molar-refractivity contribution is 5.74. The number of aliphatic carboxylic acids is 1. The SMILES string of the molecule is CCC1(C(=O)O)CCN(CC2CCCCCC2)CC1. The normalized spacial score (nSPS) is 25.9. The van der Waals surface area contributed by atoms with Crippen molar-refractivity contribution in [2.75, 3.05) is 19.6 Å². The number of nitrogens with zero attached hydrogens (tertiary/aromatic N) is 1. The number of likely N-dealkylation sites (tertiary alicyclic amines) is 1. The number of carboxylic acid groups (broad SMARTS) is 1. The van der Waals surface area contributed by atoms with Crippen LogP contribution in [0.3, 0.4) is 0 Å². The first kappa shape index (κ1) is 14.8. The molecule has 1 N–H and O–H groups in total. The minimum atomic E-state index is -0.580. The van der Waals surface area contributed by atoms with Crippen LogP contribution in [0.15, 0.2) is 0 Å². The van der Waals surface area contributed by atoms with Gasteiger partial charge in [-0.3, -0.25) is 4.79 Å². The molecule has 1 aliphatic carbocycles. The highest BCUT2D eigenvalue weighted by atomic mass is 16.4. The van der Waals surface area contributed by atoms with Gasteiger partial charge in [0.2, 0.25) is 0 Å². The molecule has 0 aromatic carbocycles. The second kappa shape index (κ2) is 6.74. The van der Waals surface area contributed by atoms with E-state index in [-0.39, 0.29) is 0 Å². The monoisotopic (exact) mass is 267 g/mol. The van der Waals surface area contributed by atoms with Crippen molar-refractivity contribution in [3.63, 3.8) is 0 Å². The molecule has 19 heavy (non-hydrogen) atoms. The topological polar surface area (TPSA) is 40.5 Å². The minimum absolute atomic E-state index is 0.431. The summed E-state index contributed by atoms with van der Waals surface area (Å²) in [6, 6.07) is 0. The third kappa shape index (κ3) is 3.71. The van der Waals surface area contributed by atoms with E-state index in [1.165, 1.54) is 45.1 Å². The Balaban J connectivity index is 1.81. The summed E-state index contributed by atoms with van der Waals surface area (Å²) in [6.07, 6.45) is 10.8. The molecule has 2 rings (SSSR count). The Labute approximate surface area is 117 Å². The summed E-state index contributed by atoms with van der Waals surface area (Å²) in [7, 11) is 0. The Morgan fingerprint density at radius 2 is 1.74 bits per heavy atom. The van der Waals surface area contributed by atoms with E-state index in [9.17, 15) is 9.90 Å². The van der Waals surface area contributed by atoms with Crippen molar-refractivity contribution in [3.05, 3.63) is 0 Å². The quantitative estimate of drug-likeness (QED) is 0.792. The van der Waals surface area contributed by atoms with Gasteiger partial charge in [-0.1, -0.05) is 32.6 Å². The highest BCUT2D eigenvalue weighted by Crippen LogP contribution is 2.36. The molecule has 2 aliphatic rings. The second-order valence-corrected chi connectivity index (χ2v) is 6.60. The Kier molecular flexibility index (Phi) is 5.26. The van der Waals surface area contributed by atoms with Crippen LogP contribution in [0.2, 0.25) is 0 Å². The van der Waals surface area contributed by atoms with E-state index in [1.807, 2.05) is 6.92 Å². The maximum atomic E-state index is 11.4. The average Bonchev–Trinajstić information content (AvgIpc) is 2.68. The smallest absolute Gasteiger partial charge is 0.309 e. The molecule has 1 aliphatic heterocycles. The van der Waals surface area contributed by atoms with Gasteiger partial charge in [-0.2, -0.15) is 0 Å². The number of rotatable bonds is 4. The van der Waals surface area contributed by atoms with Crippen molar-refractivity contribution in [3.8, 4) is 0 Å². The fraction of sp³-hybridized carbons (Fsp3) is 0.938. The number of piperidine rings is 1.